The number of nitrogens with zero attached hydrogens (tertiary/aromatic N) is 4. The first-order valence-corrected chi connectivity index (χ1v) is 7.88. The van der Waals surface area contributed by atoms with Crippen LogP contribution in [0.25, 0.3) is 0 Å². The minimum absolute atomic E-state index is 0.178. The number of carboxylic acids is 1. The lowest BCUT2D eigenvalue weighted by atomic mass is 10.00. The lowest BCUT2D eigenvalue weighted by molar-refractivity contribution is -0.143. The third kappa shape index (κ3) is 3.19. The highest BCUT2D eigenvalue weighted by molar-refractivity contribution is 5.86. The van der Waals surface area contributed by atoms with E-state index in [4.69, 9.17) is 9.84 Å². The third-order valence-corrected chi connectivity index (χ3v) is 4.71. The number of carboxylic acid groups (broad SMARTS) is 1. The molecule has 2 aliphatic rings. The second-order valence-corrected chi connectivity index (χ2v) is 6.22. The Bertz CT molecular complexity index is 759. The van der Waals surface area contributed by atoms with E-state index in [1.165, 1.54) is 19.8 Å². The lowest BCUT2D eigenvalue weighted by Gasteiger charge is -2.10. The van der Waals surface area contributed by atoms with Gasteiger partial charge in [-0.15, -0.1) is 0 Å². The Morgan fingerprint density at radius 2 is 1.28 bits per heavy atom. The molecule has 0 aromatic carbocycles. The molecular formula is C17H18N4O4. The molecule has 0 radical (unpaired) electrons. The monoisotopic (exact) mass is 342 g/mol. The predicted molar refractivity (Wildman–Crippen MR) is 85.5 cm³/mol. The first-order valence-electron chi connectivity index (χ1n) is 7.88. The topological polar surface area (TPSA) is 115 Å². The summed E-state index contributed by atoms with van der Waals surface area (Å²) < 4.78 is 4.74. The van der Waals surface area contributed by atoms with Crippen molar-refractivity contribution < 1.29 is 19.4 Å². The molecule has 2 aliphatic carbocycles. The van der Waals surface area contributed by atoms with Gasteiger partial charge in [-0.05, 0) is 25.7 Å². The molecule has 8 nitrogen and oxygen atoms in total. The summed E-state index contributed by atoms with van der Waals surface area (Å²) in [6, 6.07) is 0. The van der Waals surface area contributed by atoms with Crippen molar-refractivity contribution in [3.63, 3.8) is 0 Å². The fourth-order valence-corrected chi connectivity index (χ4v) is 2.77. The quantitative estimate of drug-likeness (QED) is 0.826. The van der Waals surface area contributed by atoms with Crippen molar-refractivity contribution >= 4 is 11.9 Å². The van der Waals surface area contributed by atoms with Crippen LogP contribution in [0.4, 0.5) is 0 Å². The zero-order valence-electron chi connectivity index (χ0n) is 13.8. The van der Waals surface area contributed by atoms with Crippen LogP contribution in [0.3, 0.4) is 0 Å². The van der Waals surface area contributed by atoms with Gasteiger partial charge in [-0.1, -0.05) is 0 Å². The number of hydrogen-bond donors (Lipinski definition) is 1. The van der Waals surface area contributed by atoms with Gasteiger partial charge in [0.15, 0.2) is 0 Å². The van der Waals surface area contributed by atoms with E-state index in [2.05, 4.69) is 19.9 Å². The number of aliphatic carboxylic acids is 1. The summed E-state index contributed by atoms with van der Waals surface area (Å²) in [6.07, 6.45) is 12.5. The minimum Gasteiger partial charge on any atom is -0.481 e. The molecule has 2 aromatic heterocycles. The van der Waals surface area contributed by atoms with Crippen LogP contribution < -0.4 is 0 Å². The normalized spacial score (nSPS) is 18.3. The van der Waals surface area contributed by atoms with E-state index in [1.54, 1.807) is 24.8 Å². The summed E-state index contributed by atoms with van der Waals surface area (Å²) >= 11 is 0. The molecule has 0 spiro atoms. The van der Waals surface area contributed by atoms with E-state index < -0.39 is 16.8 Å². The summed E-state index contributed by atoms with van der Waals surface area (Å²) in [7, 11) is 1.41. The van der Waals surface area contributed by atoms with E-state index in [9.17, 15) is 9.59 Å². The van der Waals surface area contributed by atoms with Gasteiger partial charge < -0.3 is 9.84 Å². The maximum Gasteiger partial charge on any atom is 0.316 e. The molecule has 25 heavy (non-hydrogen) atoms. The molecule has 0 unspecified atom stereocenters. The molecule has 2 heterocycles. The molecule has 2 fully saturated rings. The van der Waals surface area contributed by atoms with Crippen molar-refractivity contribution in [2.45, 2.75) is 36.5 Å². The summed E-state index contributed by atoms with van der Waals surface area (Å²) in [5.41, 5.74) is 0.483. The molecule has 1 N–H and O–H groups in total. The van der Waals surface area contributed by atoms with Gasteiger partial charge in [-0.3, -0.25) is 9.59 Å². The fourth-order valence-electron chi connectivity index (χ4n) is 2.77. The van der Waals surface area contributed by atoms with Crippen LogP contribution in [-0.2, 0) is 25.2 Å². The number of aromatic nitrogens is 4. The molecular weight excluding hydrogens is 324 g/mol. The average molecular weight is 342 g/mol. The molecule has 2 aromatic rings. The highest BCUT2D eigenvalue weighted by atomic mass is 16.5. The maximum atomic E-state index is 11.4. The molecule has 0 atom stereocenters. The van der Waals surface area contributed by atoms with Gasteiger partial charge in [0.05, 0.1) is 17.9 Å². The fraction of sp³-hybridized carbons (Fsp3) is 0.412. The molecule has 0 saturated heterocycles. The van der Waals surface area contributed by atoms with E-state index in [1.807, 2.05) is 0 Å². The Balaban J connectivity index is 0.000000146. The third-order valence-electron chi connectivity index (χ3n) is 4.71. The van der Waals surface area contributed by atoms with Gasteiger partial charge in [-0.25, -0.2) is 19.9 Å². The van der Waals surface area contributed by atoms with Crippen molar-refractivity contribution in [2.75, 3.05) is 7.11 Å². The van der Waals surface area contributed by atoms with Crippen molar-refractivity contribution in [1.29, 1.82) is 0 Å². The largest absolute Gasteiger partial charge is 0.481 e. The number of hydrogen-bond acceptors (Lipinski definition) is 7. The molecule has 0 amide bonds. The van der Waals surface area contributed by atoms with E-state index in [0.29, 0.717) is 12.8 Å². The highest BCUT2D eigenvalue weighted by Gasteiger charge is 2.53. The van der Waals surface area contributed by atoms with E-state index >= 15 is 0 Å². The van der Waals surface area contributed by atoms with Crippen LogP contribution >= 0.6 is 0 Å². The Hall–Kier alpha value is -2.90. The molecule has 0 bridgehead atoms. The minimum atomic E-state index is -0.766. The number of carbonyl (C=O) groups excluding carboxylic acids is 1. The van der Waals surface area contributed by atoms with Gasteiger partial charge in [-0.2, -0.15) is 0 Å². The van der Waals surface area contributed by atoms with Crippen LogP contribution in [0, 0.1) is 0 Å². The van der Waals surface area contributed by atoms with Crippen LogP contribution in [-0.4, -0.2) is 44.1 Å². The van der Waals surface area contributed by atoms with Gasteiger partial charge in [0, 0.05) is 35.9 Å². The van der Waals surface area contributed by atoms with Gasteiger partial charge in [0.1, 0.15) is 12.7 Å². The Kier molecular flexibility index (Phi) is 4.43. The zero-order valence-corrected chi connectivity index (χ0v) is 13.8. The number of methoxy groups -OCH3 is 1. The Morgan fingerprint density at radius 3 is 1.60 bits per heavy atom. The Morgan fingerprint density at radius 1 is 0.880 bits per heavy atom. The molecule has 8 heteroatoms. The highest BCUT2D eigenvalue weighted by Crippen LogP contribution is 2.48. The van der Waals surface area contributed by atoms with Crippen LogP contribution in [0.15, 0.2) is 37.4 Å². The van der Waals surface area contributed by atoms with Crippen molar-refractivity contribution in [3.05, 3.63) is 48.6 Å². The summed E-state index contributed by atoms with van der Waals surface area (Å²) in [5, 5.41) is 8.90. The predicted octanol–water partition coefficient (Wildman–Crippen LogP) is 1.27. The second-order valence-electron chi connectivity index (χ2n) is 6.22. The first kappa shape index (κ1) is 16.9. The van der Waals surface area contributed by atoms with Crippen LogP contribution in [0.5, 0.6) is 0 Å². The first-order chi connectivity index (χ1) is 12.0. The van der Waals surface area contributed by atoms with Gasteiger partial charge >= 0.3 is 11.9 Å². The molecule has 130 valence electrons. The molecule has 0 aliphatic heterocycles. The number of esters is 1. The number of ether oxygens (including phenoxy) is 1. The summed E-state index contributed by atoms with van der Waals surface area (Å²) in [4.78, 5) is 37.6. The summed E-state index contributed by atoms with van der Waals surface area (Å²) in [6.45, 7) is 0. The Labute approximate surface area is 144 Å². The lowest BCUT2D eigenvalue weighted by Crippen LogP contribution is -2.22. The standard InChI is InChI=1S/C9H10N2O2.C8H8N2O2/c1-13-8(12)9(2-3-9)7-4-10-6-11-5-7;11-7(12)8(1-2-8)6-3-9-5-10-4-6/h4-6H,2-3H2,1H3;3-5H,1-2H2,(H,11,12). The molecule has 2 saturated carbocycles. The molecule has 4 rings (SSSR count). The van der Waals surface area contributed by atoms with Crippen LogP contribution in [0.2, 0.25) is 0 Å². The number of carbonyl (C=O) groups is 2. The van der Waals surface area contributed by atoms with Gasteiger partial charge in [0.25, 0.3) is 0 Å². The average Bonchev–Trinajstić information content (AvgIpc) is 3.57. The van der Waals surface area contributed by atoms with Crippen molar-refractivity contribution in [3.8, 4) is 0 Å². The van der Waals surface area contributed by atoms with Gasteiger partial charge in [0.2, 0.25) is 0 Å². The summed E-state index contributed by atoms with van der Waals surface area (Å²) in [5.74, 6) is -0.945. The van der Waals surface area contributed by atoms with E-state index in [-0.39, 0.29) is 5.97 Å². The van der Waals surface area contributed by atoms with E-state index in [0.717, 1.165) is 24.0 Å². The zero-order chi connectivity index (χ0) is 17.9. The SMILES string of the molecule is COC(=O)C1(c2cncnc2)CC1.O=C(O)C1(c2cncnc2)CC1. The van der Waals surface area contributed by atoms with Crippen molar-refractivity contribution in [1.82, 2.24) is 19.9 Å². The van der Waals surface area contributed by atoms with Crippen molar-refractivity contribution in [2.24, 2.45) is 0 Å². The smallest absolute Gasteiger partial charge is 0.316 e. The number of rotatable bonds is 4. The maximum absolute atomic E-state index is 11.4. The second kappa shape index (κ2) is 6.54. The van der Waals surface area contributed by atoms with Crippen LogP contribution in [0.1, 0.15) is 36.8 Å².